The van der Waals surface area contributed by atoms with Crippen LogP contribution in [0, 0.1) is 11.3 Å². The van der Waals surface area contributed by atoms with Crippen molar-refractivity contribution in [1.29, 1.82) is 5.26 Å². The first kappa shape index (κ1) is 15.3. The predicted molar refractivity (Wildman–Crippen MR) is 83.1 cm³/mol. The van der Waals surface area contributed by atoms with Gasteiger partial charge in [-0.3, -0.25) is 4.90 Å². The molecular weight excluding hydrogens is 264 g/mol. The van der Waals surface area contributed by atoms with E-state index in [9.17, 15) is 4.79 Å². The lowest BCUT2D eigenvalue weighted by Crippen LogP contribution is -2.52. The number of carbonyl (C=O) groups is 1. The van der Waals surface area contributed by atoms with Crippen LogP contribution in [0.5, 0.6) is 0 Å². The van der Waals surface area contributed by atoms with Gasteiger partial charge in [-0.05, 0) is 31.5 Å². The minimum absolute atomic E-state index is 0.0890. The van der Waals surface area contributed by atoms with Gasteiger partial charge < -0.3 is 10.2 Å². The van der Waals surface area contributed by atoms with Gasteiger partial charge in [0.25, 0.3) is 0 Å². The molecule has 5 nitrogen and oxygen atoms in total. The Morgan fingerprint density at radius 2 is 2.10 bits per heavy atom. The third-order valence-corrected chi connectivity index (χ3v) is 4.06. The van der Waals surface area contributed by atoms with Gasteiger partial charge in [-0.1, -0.05) is 13.0 Å². The van der Waals surface area contributed by atoms with Gasteiger partial charge in [0.1, 0.15) is 0 Å². The molecule has 112 valence electrons. The van der Waals surface area contributed by atoms with Crippen molar-refractivity contribution in [3.8, 4) is 6.07 Å². The Kier molecular flexibility index (Phi) is 5.18. The number of nitrogens with one attached hydrogen (secondary N) is 1. The van der Waals surface area contributed by atoms with Crippen LogP contribution in [0.2, 0.25) is 0 Å². The van der Waals surface area contributed by atoms with Gasteiger partial charge in [0, 0.05) is 37.9 Å². The lowest BCUT2D eigenvalue weighted by Gasteiger charge is -2.37. The number of rotatable bonds is 3. The smallest absolute Gasteiger partial charge is 0.321 e. The van der Waals surface area contributed by atoms with Crippen LogP contribution in [0.4, 0.5) is 10.5 Å². The zero-order valence-electron chi connectivity index (χ0n) is 12.7. The van der Waals surface area contributed by atoms with Crippen LogP contribution in [0.25, 0.3) is 0 Å². The molecule has 0 saturated carbocycles. The predicted octanol–water partition coefficient (Wildman–Crippen LogP) is 2.51. The molecule has 5 heteroatoms. The average Bonchev–Trinajstić information content (AvgIpc) is 2.54. The van der Waals surface area contributed by atoms with E-state index in [1.54, 1.807) is 24.3 Å². The second kappa shape index (κ2) is 7.09. The third kappa shape index (κ3) is 3.96. The minimum Gasteiger partial charge on any atom is -0.322 e. The van der Waals surface area contributed by atoms with E-state index in [4.69, 9.17) is 5.26 Å². The summed E-state index contributed by atoms with van der Waals surface area (Å²) >= 11 is 0. The standard InChI is InChI=1S/C16H22N4O/c1-3-13(2)19-7-9-20(10-8-19)16(21)18-15-6-4-5-14(11-15)12-17/h4-6,11,13H,3,7-10H2,1-2H3,(H,18,21). The molecular formula is C16H22N4O. The van der Waals surface area contributed by atoms with E-state index in [1.807, 2.05) is 4.90 Å². The third-order valence-electron chi connectivity index (χ3n) is 4.06. The number of carbonyl (C=O) groups excluding carboxylic acids is 1. The maximum absolute atomic E-state index is 12.2. The highest BCUT2D eigenvalue weighted by atomic mass is 16.2. The molecule has 1 fully saturated rings. The monoisotopic (exact) mass is 286 g/mol. The van der Waals surface area contributed by atoms with Gasteiger partial charge in [0.2, 0.25) is 0 Å². The fourth-order valence-corrected chi connectivity index (χ4v) is 2.49. The SMILES string of the molecule is CCC(C)N1CCN(C(=O)Nc2cccc(C#N)c2)CC1. The van der Waals surface area contributed by atoms with E-state index < -0.39 is 0 Å². The molecule has 21 heavy (non-hydrogen) atoms. The molecule has 1 aromatic carbocycles. The molecule has 2 amide bonds. The first-order valence-corrected chi connectivity index (χ1v) is 7.44. The summed E-state index contributed by atoms with van der Waals surface area (Å²) in [6, 6.07) is 9.54. The van der Waals surface area contributed by atoms with Crippen molar-refractivity contribution < 1.29 is 4.79 Å². The highest BCUT2D eigenvalue weighted by molar-refractivity contribution is 5.89. The van der Waals surface area contributed by atoms with Crippen molar-refractivity contribution in [2.75, 3.05) is 31.5 Å². The Labute approximate surface area is 126 Å². The number of hydrogen-bond donors (Lipinski definition) is 1. The Bertz CT molecular complexity index is 529. The van der Waals surface area contributed by atoms with Crippen molar-refractivity contribution >= 4 is 11.7 Å². The van der Waals surface area contributed by atoms with Crippen LogP contribution in [-0.2, 0) is 0 Å². The lowest BCUT2D eigenvalue weighted by atomic mass is 10.2. The molecule has 1 saturated heterocycles. The van der Waals surface area contributed by atoms with Gasteiger partial charge >= 0.3 is 6.03 Å². The summed E-state index contributed by atoms with van der Waals surface area (Å²) in [5.74, 6) is 0. The Balaban J connectivity index is 1.89. The van der Waals surface area contributed by atoms with Gasteiger partial charge in [-0.15, -0.1) is 0 Å². The van der Waals surface area contributed by atoms with E-state index in [2.05, 4.69) is 30.1 Å². The van der Waals surface area contributed by atoms with E-state index in [0.717, 1.165) is 32.6 Å². The van der Waals surface area contributed by atoms with Crippen molar-refractivity contribution in [3.63, 3.8) is 0 Å². The quantitative estimate of drug-likeness (QED) is 0.928. The molecule has 1 aliphatic heterocycles. The van der Waals surface area contributed by atoms with Crippen molar-refractivity contribution in [2.24, 2.45) is 0 Å². The summed E-state index contributed by atoms with van der Waals surface area (Å²) in [4.78, 5) is 16.5. The molecule has 1 heterocycles. The van der Waals surface area contributed by atoms with Gasteiger partial charge in [0.05, 0.1) is 11.6 Å². The van der Waals surface area contributed by atoms with Crippen LogP contribution < -0.4 is 5.32 Å². The highest BCUT2D eigenvalue weighted by Crippen LogP contribution is 2.13. The summed E-state index contributed by atoms with van der Waals surface area (Å²) < 4.78 is 0. The topological polar surface area (TPSA) is 59.4 Å². The molecule has 0 radical (unpaired) electrons. The molecule has 1 aromatic rings. The molecule has 1 N–H and O–H groups in total. The second-order valence-electron chi connectivity index (χ2n) is 5.40. The lowest BCUT2D eigenvalue weighted by molar-refractivity contribution is 0.117. The van der Waals surface area contributed by atoms with Crippen LogP contribution in [0.15, 0.2) is 24.3 Å². The molecule has 0 spiro atoms. The number of piperazine rings is 1. The second-order valence-corrected chi connectivity index (χ2v) is 5.40. The van der Waals surface area contributed by atoms with E-state index in [0.29, 0.717) is 17.3 Å². The molecule has 1 unspecified atom stereocenters. The number of amides is 2. The molecule has 1 aliphatic rings. The zero-order valence-corrected chi connectivity index (χ0v) is 12.7. The average molecular weight is 286 g/mol. The molecule has 0 bridgehead atoms. The number of urea groups is 1. The van der Waals surface area contributed by atoms with Crippen molar-refractivity contribution in [1.82, 2.24) is 9.80 Å². The van der Waals surface area contributed by atoms with Crippen LogP contribution >= 0.6 is 0 Å². The Hall–Kier alpha value is -2.06. The van der Waals surface area contributed by atoms with E-state index in [-0.39, 0.29) is 6.03 Å². The van der Waals surface area contributed by atoms with E-state index in [1.165, 1.54) is 0 Å². The molecule has 0 aromatic heterocycles. The maximum Gasteiger partial charge on any atom is 0.321 e. The Morgan fingerprint density at radius 3 is 2.71 bits per heavy atom. The number of nitrogens with zero attached hydrogens (tertiary/aromatic N) is 3. The number of benzene rings is 1. The van der Waals surface area contributed by atoms with Crippen molar-refractivity contribution in [2.45, 2.75) is 26.3 Å². The van der Waals surface area contributed by atoms with Gasteiger partial charge in [0.15, 0.2) is 0 Å². The number of nitriles is 1. The maximum atomic E-state index is 12.2. The van der Waals surface area contributed by atoms with Crippen molar-refractivity contribution in [3.05, 3.63) is 29.8 Å². The summed E-state index contributed by atoms with van der Waals surface area (Å²) in [5, 5.41) is 11.7. The fraction of sp³-hybridized carbons (Fsp3) is 0.500. The van der Waals surface area contributed by atoms with Crippen LogP contribution in [-0.4, -0.2) is 48.1 Å². The minimum atomic E-state index is -0.0890. The first-order valence-electron chi connectivity index (χ1n) is 7.44. The fourth-order valence-electron chi connectivity index (χ4n) is 2.49. The van der Waals surface area contributed by atoms with Gasteiger partial charge in [-0.2, -0.15) is 5.26 Å². The summed E-state index contributed by atoms with van der Waals surface area (Å²) in [5.41, 5.74) is 1.22. The molecule has 1 atom stereocenters. The summed E-state index contributed by atoms with van der Waals surface area (Å²) in [7, 11) is 0. The molecule has 0 aliphatic carbocycles. The van der Waals surface area contributed by atoms with Crippen LogP contribution in [0.1, 0.15) is 25.8 Å². The molecule has 2 rings (SSSR count). The van der Waals surface area contributed by atoms with Gasteiger partial charge in [-0.25, -0.2) is 4.79 Å². The van der Waals surface area contributed by atoms with E-state index >= 15 is 0 Å². The normalized spacial score (nSPS) is 17.1. The first-order chi connectivity index (χ1) is 10.1. The zero-order chi connectivity index (χ0) is 15.2. The van der Waals surface area contributed by atoms with Crippen LogP contribution in [0.3, 0.4) is 0 Å². The Morgan fingerprint density at radius 1 is 1.38 bits per heavy atom. The summed E-state index contributed by atoms with van der Waals surface area (Å²) in [6.45, 7) is 7.73. The highest BCUT2D eigenvalue weighted by Gasteiger charge is 2.23. The largest absolute Gasteiger partial charge is 0.322 e. The number of hydrogen-bond acceptors (Lipinski definition) is 3. The summed E-state index contributed by atoms with van der Waals surface area (Å²) in [6.07, 6.45) is 1.13. The number of anilines is 1.